The van der Waals surface area contributed by atoms with Gasteiger partial charge >= 0.3 is 0 Å². The SMILES string of the molecule is CCN(CC)C(=O)c1ccc(C(O)c2cccc(OC)c2)cc1. The first kappa shape index (κ1) is 17.0. The number of ether oxygens (including phenoxy) is 1. The van der Waals surface area contributed by atoms with Crippen molar-refractivity contribution in [3.8, 4) is 5.75 Å². The number of carbonyl (C=O) groups is 1. The maximum atomic E-state index is 12.3. The van der Waals surface area contributed by atoms with Crippen LogP contribution in [0.3, 0.4) is 0 Å². The fourth-order valence-corrected chi connectivity index (χ4v) is 2.51. The number of rotatable bonds is 6. The number of amides is 1. The molecule has 122 valence electrons. The van der Waals surface area contributed by atoms with Gasteiger partial charge < -0.3 is 14.7 Å². The van der Waals surface area contributed by atoms with Crippen molar-refractivity contribution >= 4 is 5.91 Å². The van der Waals surface area contributed by atoms with Crippen molar-refractivity contribution in [2.24, 2.45) is 0 Å². The molecule has 23 heavy (non-hydrogen) atoms. The van der Waals surface area contributed by atoms with Crippen LogP contribution in [0.1, 0.15) is 41.4 Å². The number of hydrogen-bond acceptors (Lipinski definition) is 3. The highest BCUT2D eigenvalue weighted by Gasteiger charge is 2.15. The summed E-state index contributed by atoms with van der Waals surface area (Å²) in [6.07, 6.45) is -0.747. The third kappa shape index (κ3) is 3.90. The highest BCUT2D eigenvalue weighted by atomic mass is 16.5. The van der Waals surface area contributed by atoms with Gasteiger partial charge in [-0.15, -0.1) is 0 Å². The minimum absolute atomic E-state index is 0.0115. The lowest BCUT2D eigenvalue weighted by atomic mass is 10.00. The van der Waals surface area contributed by atoms with E-state index in [-0.39, 0.29) is 5.91 Å². The summed E-state index contributed by atoms with van der Waals surface area (Å²) < 4.78 is 5.18. The van der Waals surface area contributed by atoms with E-state index in [1.165, 1.54) is 0 Å². The molecule has 2 aromatic carbocycles. The van der Waals surface area contributed by atoms with E-state index in [0.29, 0.717) is 24.4 Å². The Morgan fingerprint density at radius 2 is 1.74 bits per heavy atom. The fraction of sp³-hybridized carbons (Fsp3) is 0.316. The van der Waals surface area contributed by atoms with Gasteiger partial charge in [0.25, 0.3) is 5.91 Å². The minimum Gasteiger partial charge on any atom is -0.497 e. The molecule has 0 aliphatic carbocycles. The molecular formula is C19H23NO3. The topological polar surface area (TPSA) is 49.8 Å². The summed E-state index contributed by atoms with van der Waals surface area (Å²) in [5.74, 6) is 0.715. The molecule has 0 spiro atoms. The van der Waals surface area contributed by atoms with E-state index in [1.54, 1.807) is 42.3 Å². The van der Waals surface area contributed by atoms with Crippen LogP contribution >= 0.6 is 0 Å². The predicted molar refractivity (Wildman–Crippen MR) is 90.7 cm³/mol. The third-order valence-electron chi connectivity index (χ3n) is 3.93. The van der Waals surface area contributed by atoms with Gasteiger partial charge in [0.05, 0.1) is 7.11 Å². The highest BCUT2D eigenvalue weighted by Crippen LogP contribution is 2.25. The molecule has 1 N–H and O–H groups in total. The summed E-state index contributed by atoms with van der Waals surface area (Å²) in [6, 6.07) is 14.4. The van der Waals surface area contributed by atoms with E-state index in [9.17, 15) is 9.90 Å². The molecule has 2 rings (SSSR count). The summed E-state index contributed by atoms with van der Waals surface area (Å²) in [6.45, 7) is 5.29. The summed E-state index contributed by atoms with van der Waals surface area (Å²) in [5, 5.41) is 10.5. The van der Waals surface area contributed by atoms with Gasteiger partial charge in [-0.1, -0.05) is 24.3 Å². The average Bonchev–Trinajstić information content (AvgIpc) is 2.62. The highest BCUT2D eigenvalue weighted by molar-refractivity contribution is 5.94. The van der Waals surface area contributed by atoms with Gasteiger partial charge in [0, 0.05) is 18.7 Å². The first-order valence-electron chi connectivity index (χ1n) is 7.82. The summed E-state index contributed by atoms with van der Waals surface area (Å²) >= 11 is 0. The van der Waals surface area contributed by atoms with E-state index in [1.807, 2.05) is 32.0 Å². The van der Waals surface area contributed by atoms with Crippen LogP contribution in [0.4, 0.5) is 0 Å². The van der Waals surface area contributed by atoms with Crippen molar-refractivity contribution in [2.75, 3.05) is 20.2 Å². The molecule has 0 fully saturated rings. The Kier molecular flexibility index (Phi) is 5.77. The monoisotopic (exact) mass is 313 g/mol. The maximum Gasteiger partial charge on any atom is 0.253 e. The molecule has 1 unspecified atom stereocenters. The van der Waals surface area contributed by atoms with Crippen molar-refractivity contribution in [3.63, 3.8) is 0 Å². The van der Waals surface area contributed by atoms with E-state index < -0.39 is 6.10 Å². The van der Waals surface area contributed by atoms with Gasteiger partial charge in [-0.3, -0.25) is 4.79 Å². The van der Waals surface area contributed by atoms with Crippen LogP contribution in [0, 0.1) is 0 Å². The quantitative estimate of drug-likeness (QED) is 0.890. The Hall–Kier alpha value is -2.33. The lowest BCUT2D eigenvalue weighted by Crippen LogP contribution is -2.30. The molecule has 0 aromatic heterocycles. The first-order valence-corrected chi connectivity index (χ1v) is 7.82. The van der Waals surface area contributed by atoms with Crippen molar-refractivity contribution in [2.45, 2.75) is 20.0 Å². The number of benzene rings is 2. The number of carbonyl (C=O) groups excluding carboxylic acids is 1. The summed E-state index contributed by atoms with van der Waals surface area (Å²) in [4.78, 5) is 14.1. The standard InChI is InChI=1S/C19H23NO3/c1-4-20(5-2)19(22)15-11-9-14(10-12-15)18(21)16-7-6-8-17(13-16)23-3/h6-13,18,21H,4-5H2,1-3H3. The van der Waals surface area contributed by atoms with E-state index in [2.05, 4.69) is 0 Å². The second-order valence-corrected chi connectivity index (χ2v) is 5.28. The van der Waals surface area contributed by atoms with Crippen LogP contribution in [-0.2, 0) is 0 Å². The normalized spacial score (nSPS) is 11.8. The van der Waals surface area contributed by atoms with Crippen molar-refractivity contribution in [1.82, 2.24) is 4.90 Å². The van der Waals surface area contributed by atoms with E-state index >= 15 is 0 Å². The van der Waals surface area contributed by atoms with Crippen LogP contribution in [0.15, 0.2) is 48.5 Å². The molecule has 0 heterocycles. The Labute approximate surface area is 137 Å². The third-order valence-corrected chi connectivity index (χ3v) is 3.93. The average molecular weight is 313 g/mol. The molecule has 0 saturated heterocycles. The number of aliphatic hydroxyl groups excluding tert-OH is 1. The van der Waals surface area contributed by atoms with Gasteiger partial charge in [0.15, 0.2) is 0 Å². The molecule has 4 nitrogen and oxygen atoms in total. The second-order valence-electron chi connectivity index (χ2n) is 5.28. The lowest BCUT2D eigenvalue weighted by molar-refractivity contribution is 0.0773. The molecular weight excluding hydrogens is 290 g/mol. The predicted octanol–water partition coefficient (Wildman–Crippen LogP) is 3.26. The molecule has 0 saturated carbocycles. The van der Waals surface area contributed by atoms with Crippen molar-refractivity contribution in [1.29, 1.82) is 0 Å². The Morgan fingerprint density at radius 1 is 1.09 bits per heavy atom. The smallest absolute Gasteiger partial charge is 0.253 e. The van der Waals surface area contributed by atoms with Crippen LogP contribution in [0.25, 0.3) is 0 Å². The summed E-state index contributed by atoms with van der Waals surface area (Å²) in [7, 11) is 1.60. The molecule has 0 bridgehead atoms. The molecule has 1 atom stereocenters. The van der Waals surface area contributed by atoms with Crippen LogP contribution in [0.5, 0.6) is 5.75 Å². The van der Waals surface area contributed by atoms with Gasteiger partial charge in [0.2, 0.25) is 0 Å². The zero-order valence-electron chi connectivity index (χ0n) is 13.8. The Morgan fingerprint density at radius 3 is 2.30 bits per heavy atom. The molecule has 1 amide bonds. The van der Waals surface area contributed by atoms with E-state index in [4.69, 9.17) is 4.74 Å². The van der Waals surface area contributed by atoms with Crippen LogP contribution in [0.2, 0.25) is 0 Å². The fourth-order valence-electron chi connectivity index (χ4n) is 2.51. The largest absolute Gasteiger partial charge is 0.497 e. The van der Waals surface area contributed by atoms with E-state index in [0.717, 1.165) is 11.1 Å². The molecule has 0 aliphatic heterocycles. The van der Waals surface area contributed by atoms with Gasteiger partial charge in [-0.05, 0) is 49.2 Å². The van der Waals surface area contributed by atoms with Crippen LogP contribution < -0.4 is 4.74 Å². The molecule has 0 aliphatic rings. The minimum atomic E-state index is -0.747. The Balaban J connectivity index is 2.20. The number of nitrogens with zero attached hydrogens (tertiary/aromatic N) is 1. The molecule has 4 heteroatoms. The molecule has 0 radical (unpaired) electrons. The van der Waals surface area contributed by atoms with Gasteiger partial charge in [-0.2, -0.15) is 0 Å². The zero-order valence-corrected chi connectivity index (χ0v) is 13.8. The second kappa shape index (κ2) is 7.79. The Bertz CT molecular complexity index is 648. The number of aliphatic hydroxyl groups is 1. The number of methoxy groups -OCH3 is 1. The van der Waals surface area contributed by atoms with Crippen LogP contribution in [-0.4, -0.2) is 36.1 Å². The lowest BCUT2D eigenvalue weighted by Gasteiger charge is -2.19. The van der Waals surface area contributed by atoms with Crippen molar-refractivity contribution < 1.29 is 14.6 Å². The van der Waals surface area contributed by atoms with Gasteiger partial charge in [0.1, 0.15) is 11.9 Å². The van der Waals surface area contributed by atoms with Gasteiger partial charge in [-0.25, -0.2) is 0 Å². The summed E-state index contributed by atoms with van der Waals surface area (Å²) in [5.41, 5.74) is 2.14. The molecule has 2 aromatic rings. The first-order chi connectivity index (χ1) is 11.1. The van der Waals surface area contributed by atoms with Crippen molar-refractivity contribution in [3.05, 3.63) is 65.2 Å². The zero-order chi connectivity index (χ0) is 16.8. The maximum absolute atomic E-state index is 12.3. The number of hydrogen-bond donors (Lipinski definition) is 1.